The van der Waals surface area contributed by atoms with Crippen LogP contribution in [0.15, 0.2) is 29.3 Å². The van der Waals surface area contributed by atoms with Crippen molar-refractivity contribution in [2.75, 3.05) is 32.4 Å². The van der Waals surface area contributed by atoms with Gasteiger partial charge in [0, 0.05) is 26.7 Å². The van der Waals surface area contributed by atoms with Crippen LogP contribution in [-0.4, -0.2) is 56.5 Å². The van der Waals surface area contributed by atoms with E-state index < -0.39 is 14.6 Å². The highest BCUT2D eigenvalue weighted by Gasteiger charge is 2.52. The van der Waals surface area contributed by atoms with Gasteiger partial charge in [-0.25, -0.2) is 8.42 Å². The number of fused-ring (bicyclic) bond motifs is 3. The lowest BCUT2D eigenvalue weighted by Crippen LogP contribution is -2.57. The van der Waals surface area contributed by atoms with Crippen molar-refractivity contribution in [3.05, 3.63) is 35.4 Å². The van der Waals surface area contributed by atoms with Crippen molar-refractivity contribution in [3.8, 4) is 0 Å². The molecule has 150 valence electrons. The van der Waals surface area contributed by atoms with Gasteiger partial charge in [-0.15, -0.1) is 24.0 Å². The Labute approximate surface area is 179 Å². The number of benzene rings is 1. The maximum Gasteiger partial charge on any atom is 0.193 e. The average molecular weight is 503 g/mol. The molecule has 1 saturated heterocycles. The van der Waals surface area contributed by atoms with Crippen molar-refractivity contribution < 1.29 is 8.42 Å². The van der Waals surface area contributed by atoms with Gasteiger partial charge < -0.3 is 10.2 Å². The van der Waals surface area contributed by atoms with E-state index in [-0.39, 0.29) is 29.7 Å². The Morgan fingerprint density at radius 2 is 2.07 bits per heavy atom. The number of guanidine groups is 1. The van der Waals surface area contributed by atoms with Crippen LogP contribution < -0.4 is 5.32 Å². The number of hydrogen-bond donors (Lipinski definition) is 1. The predicted octanol–water partition coefficient (Wildman–Crippen LogP) is 2.66. The lowest BCUT2D eigenvalue weighted by atomic mass is 9.92. The molecule has 1 aromatic carbocycles. The van der Waals surface area contributed by atoms with Crippen molar-refractivity contribution in [2.45, 2.75) is 37.4 Å². The van der Waals surface area contributed by atoms with Crippen molar-refractivity contribution in [1.82, 2.24) is 10.2 Å². The molecule has 2 fully saturated rings. The number of aryl methyl sites for hydroxylation is 1. The van der Waals surface area contributed by atoms with Crippen LogP contribution in [-0.2, 0) is 16.3 Å². The van der Waals surface area contributed by atoms with E-state index in [4.69, 9.17) is 0 Å². The Morgan fingerprint density at radius 1 is 1.33 bits per heavy atom. The highest BCUT2D eigenvalue weighted by Crippen LogP contribution is 2.59. The molecule has 0 bridgehead atoms. The number of aliphatic imine (C=N–C) groups is 1. The molecule has 7 heteroatoms. The summed E-state index contributed by atoms with van der Waals surface area (Å²) in [5, 5.41) is 3.53. The maximum atomic E-state index is 12.2. The smallest absolute Gasteiger partial charge is 0.193 e. The molecule has 1 saturated carbocycles. The monoisotopic (exact) mass is 503 g/mol. The van der Waals surface area contributed by atoms with E-state index in [0.29, 0.717) is 24.9 Å². The van der Waals surface area contributed by atoms with E-state index in [9.17, 15) is 8.42 Å². The van der Waals surface area contributed by atoms with Gasteiger partial charge in [0.2, 0.25) is 0 Å². The first kappa shape index (κ1) is 20.9. The van der Waals surface area contributed by atoms with Crippen LogP contribution in [0.4, 0.5) is 0 Å². The van der Waals surface area contributed by atoms with Crippen molar-refractivity contribution in [1.29, 1.82) is 0 Å². The van der Waals surface area contributed by atoms with Crippen LogP contribution in [0.25, 0.3) is 0 Å². The van der Waals surface area contributed by atoms with Crippen molar-refractivity contribution >= 4 is 39.8 Å². The molecule has 1 N–H and O–H groups in total. The number of rotatable bonds is 2. The van der Waals surface area contributed by atoms with Crippen LogP contribution in [0.2, 0.25) is 0 Å². The van der Waals surface area contributed by atoms with Crippen LogP contribution in [0, 0.1) is 11.8 Å². The Bertz CT molecular complexity index is 837. The molecule has 3 aliphatic rings. The van der Waals surface area contributed by atoms with Crippen LogP contribution in [0.5, 0.6) is 0 Å². The van der Waals surface area contributed by atoms with Gasteiger partial charge in [-0.1, -0.05) is 24.3 Å². The first-order valence-corrected chi connectivity index (χ1v) is 11.2. The molecule has 0 radical (unpaired) electrons. The van der Waals surface area contributed by atoms with Gasteiger partial charge in [0.1, 0.15) is 0 Å². The second-order valence-electron chi connectivity index (χ2n) is 8.52. The van der Waals surface area contributed by atoms with Gasteiger partial charge in [-0.05, 0) is 55.6 Å². The molecule has 1 aliphatic heterocycles. The average Bonchev–Trinajstić information content (AvgIpc) is 3.32. The minimum absolute atomic E-state index is 0. The molecule has 4 rings (SSSR count). The van der Waals surface area contributed by atoms with E-state index in [2.05, 4.69) is 39.5 Å². The molecule has 0 spiro atoms. The predicted molar refractivity (Wildman–Crippen MR) is 121 cm³/mol. The molecule has 3 unspecified atom stereocenters. The second kappa shape index (κ2) is 7.54. The van der Waals surface area contributed by atoms with Crippen molar-refractivity contribution in [3.63, 3.8) is 0 Å². The number of halogens is 1. The standard InChI is InChI=1S/C20H29N3O2S.HI/c1-20(2)13-23(10-11-26(20,24)25)19(21-3)22-12-17-16-9-8-14-6-4-5-7-15(14)18(16)17;/h4-7,16-18H,8-13H2,1-3H3,(H,21,22);1H. The highest BCUT2D eigenvalue weighted by atomic mass is 127. The quantitative estimate of drug-likeness (QED) is 0.383. The molecule has 0 aromatic heterocycles. The minimum Gasteiger partial charge on any atom is -0.356 e. The Morgan fingerprint density at radius 3 is 2.78 bits per heavy atom. The van der Waals surface area contributed by atoms with E-state index in [1.54, 1.807) is 7.05 Å². The Balaban J connectivity index is 0.00000210. The summed E-state index contributed by atoms with van der Waals surface area (Å²) in [6, 6.07) is 8.85. The molecule has 1 heterocycles. The third kappa shape index (κ3) is 3.73. The Hall–Kier alpha value is -0.830. The van der Waals surface area contributed by atoms with E-state index in [1.165, 1.54) is 24.0 Å². The van der Waals surface area contributed by atoms with Crippen LogP contribution in [0.3, 0.4) is 0 Å². The summed E-state index contributed by atoms with van der Waals surface area (Å²) in [5.74, 6) is 3.17. The third-order valence-corrected chi connectivity index (χ3v) is 9.08. The molecular formula is C20H30IN3O2S. The van der Waals surface area contributed by atoms with Gasteiger partial charge in [-0.2, -0.15) is 0 Å². The number of nitrogens with zero attached hydrogens (tertiary/aromatic N) is 2. The first-order chi connectivity index (χ1) is 12.3. The number of sulfone groups is 1. The minimum atomic E-state index is -3.03. The molecule has 2 aliphatic carbocycles. The van der Waals surface area contributed by atoms with Gasteiger partial charge in [0.15, 0.2) is 15.8 Å². The van der Waals surface area contributed by atoms with E-state index >= 15 is 0 Å². The van der Waals surface area contributed by atoms with Crippen LogP contribution >= 0.6 is 24.0 Å². The lowest BCUT2D eigenvalue weighted by molar-refractivity contribution is 0.352. The summed E-state index contributed by atoms with van der Waals surface area (Å²) in [6.07, 6.45) is 2.47. The zero-order valence-electron chi connectivity index (χ0n) is 16.3. The summed E-state index contributed by atoms with van der Waals surface area (Å²) in [7, 11) is -1.24. The molecule has 1 aromatic rings. The summed E-state index contributed by atoms with van der Waals surface area (Å²) in [5.41, 5.74) is 3.05. The molecule has 3 atom stereocenters. The second-order valence-corrected chi connectivity index (χ2v) is 11.3. The zero-order chi connectivity index (χ0) is 18.5. The SMILES string of the molecule is CN=C(NCC1C2CCc3ccccc3C21)N1CCS(=O)(=O)C(C)(C)C1.I. The molecule has 27 heavy (non-hydrogen) atoms. The summed E-state index contributed by atoms with van der Waals surface area (Å²) in [6.45, 7) is 5.56. The normalized spacial score (nSPS) is 30.6. The molecule has 0 amide bonds. The highest BCUT2D eigenvalue weighted by molar-refractivity contribution is 14.0. The van der Waals surface area contributed by atoms with Gasteiger partial charge >= 0.3 is 0 Å². The fourth-order valence-electron chi connectivity index (χ4n) is 4.85. The van der Waals surface area contributed by atoms with E-state index in [0.717, 1.165) is 18.4 Å². The lowest BCUT2D eigenvalue weighted by Gasteiger charge is -2.39. The van der Waals surface area contributed by atoms with Crippen LogP contribution in [0.1, 0.15) is 37.3 Å². The number of hydrogen-bond acceptors (Lipinski definition) is 3. The fraction of sp³-hybridized carbons (Fsp3) is 0.650. The van der Waals surface area contributed by atoms with Crippen molar-refractivity contribution in [2.24, 2.45) is 16.8 Å². The molecular weight excluding hydrogens is 473 g/mol. The van der Waals surface area contributed by atoms with Gasteiger partial charge in [0.05, 0.1) is 10.5 Å². The molecule has 5 nitrogen and oxygen atoms in total. The van der Waals surface area contributed by atoms with Gasteiger partial charge in [0.25, 0.3) is 0 Å². The summed E-state index contributed by atoms with van der Waals surface area (Å²) in [4.78, 5) is 6.52. The summed E-state index contributed by atoms with van der Waals surface area (Å²) >= 11 is 0. The fourth-order valence-corrected chi connectivity index (χ4v) is 6.22. The maximum absolute atomic E-state index is 12.2. The largest absolute Gasteiger partial charge is 0.356 e. The van der Waals surface area contributed by atoms with Gasteiger partial charge in [-0.3, -0.25) is 4.99 Å². The zero-order valence-corrected chi connectivity index (χ0v) is 19.5. The Kier molecular flexibility index (Phi) is 5.83. The topological polar surface area (TPSA) is 61.8 Å². The summed E-state index contributed by atoms with van der Waals surface area (Å²) < 4.78 is 23.7. The number of nitrogens with one attached hydrogen (secondary N) is 1. The first-order valence-electron chi connectivity index (χ1n) is 9.60. The third-order valence-electron chi connectivity index (χ3n) is 6.54. The van der Waals surface area contributed by atoms with E-state index in [1.807, 2.05) is 13.8 Å².